The molecule has 0 spiro atoms. The van der Waals surface area contributed by atoms with Crippen molar-refractivity contribution < 1.29 is 9.13 Å². The molecule has 5 heteroatoms. The number of nitrogens with zero attached hydrogens (tertiary/aromatic N) is 1. The average Bonchev–Trinajstić information content (AvgIpc) is 2.80. The van der Waals surface area contributed by atoms with Gasteiger partial charge in [-0.3, -0.25) is 0 Å². The predicted molar refractivity (Wildman–Crippen MR) is 73.0 cm³/mol. The third-order valence-corrected chi connectivity index (χ3v) is 3.20. The summed E-state index contributed by atoms with van der Waals surface area (Å²) in [6.45, 7) is 0. The van der Waals surface area contributed by atoms with Gasteiger partial charge >= 0.3 is 0 Å². The SMILES string of the molecule is COc1ccc2nc(-c3c(F)cccc3Cl)[nH]c2c1. The van der Waals surface area contributed by atoms with Crippen LogP contribution in [-0.4, -0.2) is 17.1 Å². The molecular weight excluding hydrogens is 267 g/mol. The van der Waals surface area contributed by atoms with E-state index in [0.29, 0.717) is 16.6 Å². The molecule has 1 aromatic heterocycles. The topological polar surface area (TPSA) is 37.9 Å². The molecule has 0 aliphatic heterocycles. The molecule has 0 atom stereocenters. The molecule has 1 N–H and O–H groups in total. The first-order valence-corrected chi connectivity index (χ1v) is 6.05. The minimum atomic E-state index is -0.404. The van der Waals surface area contributed by atoms with Gasteiger partial charge in [0.1, 0.15) is 17.4 Å². The Hall–Kier alpha value is -2.07. The van der Waals surface area contributed by atoms with Crippen molar-refractivity contribution in [3.8, 4) is 17.1 Å². The number of aromatic amines is 1. The van der Waals surface area contributed by atoms with E-state index in [2.05, 4.69) is 9.97 Å². The summed E-state index contributed by atoms with van der Waals surface area (Å²) in [4.78, 5) is 7.40. The Morgan fingerprint density at radius 2 is 2.11 bits per heavy atom. The summed E-state index contributed by atoms with van der Waals surface area (Å²) < 4.78 is 19.0. The number of H-pyrrole nitrogens is 1. The molecule has 0 radical (unpaired) electrons. The van der Waals surface area contributed by atoms with Gasteiger partial charge in [-0.05, 0) is 24.3 Å². The van der Waals surface area contributed by atoms with Crippen molar-refractivity contribution in [1.29, 1.82) is 0 Å². The second-order valence-corrected chi connectivity index (χ2v) is 4.47. The predicted octanol–water partition coefficient (Wildman–Crippen LogP) is 4.03. The first kappa shape index (κ1) is 12.0. The lowest BCUT2D eigenvalue weighted by molar-refractivity contribution is 0.415. The van der Waals surface area contributed by atoms with Gasteiger partial charge in [0.2, 0.25) is 0 Å². The summed E-state index contributed by atoms with van der Waals surface area (Å²) >= 11 is 6.03. The fourth-order valence-corrected chi connectivity index (χ4v) is 2.21. The Bertz CT molecular complexity index is 734. The number of rotatable bonds is 2. The lowest BCUT2D eigenvalue weighted by Crippen LogP contribution is -1.87. The van der Waals surface area contributed by atoms with Crippen LogP contribution in [0.2, 0.25) is 5.02 Å². The minimum absolute atomic E-state index is 0.277. The minimum Gasteiger partial charge on any atom is -0.497 e. The second kappa shape index (κ2) is 4.55. The number of ether oxygens (including phenoxy) is 1. The van der Waals surface area contributed by atoms with Crippen LogP contribution in [0.1, 0.15) is 0 Å². The quantitative estimate of drug-likeness (QED) is 0.767. The molecular formula is C14H10ClFN2O. The summed E-state index contributed by atoms with van der Waals surface area (Å²) in [7, 11) is 1.59. The van der Waals surface area contributed by atoms with Crippen LogP contribution in [0.5, 0.6) is 5.75 Å². The van der Waals surface area contributed by atoms with Crippen LogP contribution >= 0.6 is 11.6 Å². The largest absolute Gasteiger partial charge is 0.497 e. The van der Waals surface area contributed by atoms with Crippen molar-refractivity contribution in [1.82, 2.24) is 9.97 Å². The fraction of sp³-hybridized carbons (Fsp3) is 0.0714. The zero-order valence-electron chi connectivity index (χ0n) is 10.1. The molecule has 19 heavy (non-hydrogen) atoms. The molecule has 0 bridgehead atoms. The van der Waals surface area contributed by atoms with Gasteiger partial charge in [-0.2, -0.15) is 0 Å². The average molecular weight is 277 g/mol. The number of imidazole rings is 1. The van der Waals surface area contributed by atoms with Crippen molar-refractivity contribution >= 4 is 22.6 Å². The van der Waals surface area contributed by atoms with E-state index in [0.717, 1.165) is 11.0 Å². The Morgan fingerprint density at radius 1 is 1.26 bits per heavy atom. The molecule has 0 unspecified atom stereocenters. The normalized spacial score (nSPS) is 10.9. The van der Waals surface area contributed by atoms with Crippen molar-refractivity contribution in [3.63, 3.8) is 0 Å². The molecule has 0 aliphatic rings. The Labute approximate surface area is 114 Å². The third kappa shape index (κ3) is 2.04. The molecule has 0 aliphatic carbocycles. The van der Waals surface area contributed by atoms with E-state index in [-0.39, 0.29) is 5.56 Å². The van der Waals surface area contributed by atoms with E-state index in [1.54, 1.807) is 31.4 Å². The van der Waals surface area contributed by atoms with Crippen molar-refractivity contribution in [2.24, 2.45) is 0 Å². The number of hydrogen-bond acceptors (Lipinski definition) is 2. The van der Waals surface area contributed by atoms with E-state index in [1.165, 1.54) is 6.07 Å². The smallest absolute Gasteiger partial charge is 0.142 e. The number of fused-ring (bicyclic) bond motifs is 1. The first-order chi connectivity index (χ1) is 9.19. The molecule has 1 heterocycles. The summed E-state index contributed by atoms with van der Waals surface area (Å²) in [5.41, 5.74) is 1.78. The third-order valence-electron chi connectivity index (χ3n) is 2.89. The maximum absolute atomic E-state index is 13.8. The number of methoxy groups -OCH3 is 1. The lowest BCUT2D eigenvalue weighted by Gasteiger charge is -2.01. The molecule has 3 aromatic rings. The zero-order chi connectivity index (χ0) is 13.4. The molecule has 0 saturated carbocycles. The van der Waals surface area contributed by atoms with Crippen LogP contribution in [-0.2, 0) is 0 Å². The first-order valence-electron chi connectivity index (χ1n) is 5.67. The van der Waals surface area contributed by atoms with Gasteiger partial charge in [0, 0.05) is 6.07 Å². The number of aromatic nitrogens is 2. The summed E-state index contributed by atoms with van der Waals surface area (Å²) in [5.74, 6) is 0.715. The van der Waals surface area contributed by atoms with Crippen LogP contribution in [0.15, 0.2) is 36.4 Å². The lowest BCUT2D eigenvalue weighted by atomic mass is 10.2. The highest BCUT2D eigenvalue weighted by molar-refractivity contribution is 6.33. The molecule has 96 valence electrons. The van der Waals surface area contributed by atoms with Gasteiger partial charge in [-0.15, -0.1) is 0 Å². The molecule has 2 aromatic carbocycles. The monoisotopic (exact) mass is 276 g/mol. The van der Waals surface area contributed by atoms with Crippen molar-refractivity contribution in [2.75, 3.05) is 7.11 Å². The van der Waals surface area contributed by atoms with Crippen LogP contribution < -0.4 is 4.74 Å². The Balaban J connectivity index is 2.21. The maximum Gasteiger partial charge on any atom is 0.142 e. The highest BCUT2D eigenvalue weighted by atomic mass is 35.5. The van der Waals surface area contributed by atoms with E-state index in [9.17, 15) is 4.39 Å². The van der Waals surface area contributed by atoms with Gasteiger partial charge in [-0.1, -0.05) is 17.7 Å². The molecule has 0 fully saturated rings. The van der Waals surface area contributed by atoms with Crippen LogP contribution in [0, 0.1) is 5.82 Å². The highest BCUT2D eigenvalue weighted by Gasteiger charge is 2.13. The van der Waals surface area contributed by atoms with E-state index in [1.807, 2.05) is 6.07 Å². The van der Waals surface area contributed by atoms with E-state index < -0.39 is 5.82 Å². The highest BCUT2D eigenvalue weighted by Crippen LogP contribution is 2.30. The van der Waals surface area contributed by atoms with Crippen molar-refractivity contribution in [2.45, 2.75) is 0 Å². The number of nitrogens with one attached hydrogen (secondary N) is 1. The standard InChI is InChI=1S/C14H10ClFN2O/c1-19-8-5-6-11-12(7-8)18-14(17-11)13-9(15)3-2-4-10(13)16/h2-7H,1H3,(H,17,18). The Kier molecular flexibility index (Phi) is 2.87. The van der Waals surface area contributed by atoms with Crippen LogP contribution in [0.4, 0.5) is 4.39 Å². The molecule has 3 nitrogen and oxygen atoms in total. The zero-order valence-corrected chi connectivity index (χ0v) is 10.8. The number of benzene rings is 2. The van der Waals surface area contributed by atoms with Gasteiger partial charge in [0.15, 0.2) is 0 Å². The number of hydrogen-bond donors (Lipinski definition) is 1. The van der Waals surface area contributed by atoms with Crippen LogP contribution in [0.25, 0.3) is 22.4 Å². The van der Waals surface area contributed by atoms with Gasteiger partial charge < -0.3 is 9.72 Å². The maximum atomic E-state index is 13.8. The van der Waals surface area contributed by atoms with Crippen LogP contribution in [0.3, 0.4) is 0 Å². The molecule has 0 saturated heterocycles. The van der Waals surface area contributed by atoms with Crippen molar-refractivity contribution in [3.05, 3.63) is 47.2 Å². The second-order valence-electron chi connectivity index (χ2n) is 4.07. The Morgan fingerprint density at radius 3 is 2.84 bits per heavy atom. The summed E-state index contributed by atoms with van der Waals surface area (Å²) in [5, 5.41) is 0.325. The summed E-state index contributed by atoms with van der Waals surface area (Å²) in [6, 6.07) is 9.97. The van der Waals surface area contributed by atoms with Gasteiger partial charge in [0.25, 0.3) is 0 Å². The van der Waals surface area contributed by atoms with E-state index in [4.69, 9.17) is 16.3 Å². The molecule has 3 rings (SSSR count). The molecule has 0 amide bonds. The summed E-state index contributed by atoms with van der Waals surface area (Å²) in [6.07, 6.45) is 0. The number of halogens is 2. The van der Waals surface area contributed by atoms with E-state index >= 15 is 0 Å². The fourth-order valence-electron chi connectivity index (χ4n) is 1.96. The van der Waals surface area contributed by atoms with Gasteiger partial charge in [0.05, 0.1) is 28.7 Å². The van der Waals surface area contributed by atoms with Gasteiger partial charge in [-0.25, -0.2) is 9.37 Å².